The molecule has 2 amide bonds. The first-order valence-corrected chi connectivity index (χ1v) is 11.5. The Morgan fingerprint density at radius 3 is 2.24 bits per heavy atom. The lowest BCUT2D eigenvalue weighted by Crippen LogP contribution is -2.44. The molecule has 3 rings (SSSR count). The predicted octanol–water partition coefficient (Wildman–Crippen LogP) is 4.16. The van der Waals surface area contributed by atoms with Crippen LogP contribution in [0.25, 0.3) is 0 Å². The summed E-state index contributed by atoms with van der Waals surface area (Å²) in [5, 5.41) is 12.6. The number of ether oxygens (including phenoxy) is 1. The van der Waals surface area contributed by atoms with Crippen LogP contribution >= 0.6 is 11.6 Å². The first kappa shape index (κ1) is 25.3. The summed E-state index contributed by atoms with van der Waals surface area (Å²) in [4.78, 5) is 28.5. The van der Waals surface area contributed by atoms with Crippen LogP contribution in [0.1, 0.15) is 29.2 Å². The summed E-state index contributed by atoms with van der Waals surface area (Å²) in [5.74, 6) is 0.228. The van der Waals surface area contributed by atoms with E-state index in [4.69, 9.17) is 21.4 Å². The van der Waals surface area contributed by atoms with Gasteiger partial charge in [0.2, 0.25) is 11.8 Å². The van der Waals surface area contributed by atoms with E-state index >= 15 is 0 Å². The predicted molar refractivity (Wildman–Crippen MR) is 133 cm³/mol. The minimum absolute atomic E-state index is 0.0264. The molecule has 6 nitrogen and oxygen atoms in total. The number of nitrogens with zero attached hydrogens (tertiary/aromatic N) is 1. The lowest BCUT2D eigenvalue weighted by Gasteiger charge is -2.32. The normalized spacial score (nSPS) is 11.5. The minimum Gasteiger partial charge on any atom is -0.497 e. The number of methoxy groups -OCH3 is 1. The average Bonchev–Trinajstić information content (AvgIpc) is 2.86. The van der Waals surface area contributed by atoms with Crippen molar-refractivity contribution in [3.05, 3.63) is 101 Å². The summed E-state index contributed by atoms with van der Waals surface area (Å²) in [6, 6.07) is 22.9. The van der Waals surface area contributed by atoms with Crippen LogP contribution in [0.4, 0.5) is 0 Å². The van der Waals surface area contributed by atoms with Gasteiger partial charge in [-0.3, -0.25) is 9.59 Å². The fourth-order valence-corrected chi connectivity index (χ4v) is 3.75. The van der Waals surface area contributed by atoms with Crippen LogP contribution in [-0.2, 0) is 22.6 Å². The molecule has 0 aliphatic heterocycles. The fraction of sp³-hybridized carbons (Fsp3) is 0.259. The zero-order chi connectivity index (χ0) is 24.3. The van der Waals surface area contributed by atoms with Crippen molar-refractivity contribution < 1.29 is 19.4 Å². The van der Waals surface area contributed by atoms with Crippen LogP contribution in [-0.4, -0.2) is 42.1 Å². The number of aliphatic hydroxyl groups is 1. The van der Waals surface area contributed by atoms with Crippen LogP contribution < -0.4 is 10.1 Å². The molecule has 34 heavy (non-hydrogen) atoms. The van der Waals surface area contributed by atoms with E-state index in [1.54, 1.807) is 24.1 Å². The van der Waals surface area contributed by atoms with Gasteiger partial charge in [-0.2, -0.15) is 0 Å². The molecule has 0 spiro atoms. The molecule has 7 heteroatoms. The Bertz CT molecular complexity index is 1060. The van der Waals surface area contributed by atoms with E-state index in [0.717, 1.165) is 11.1 Å². The SMILES string of the molecule is COc1ccc(CN(C(=O)Cc2ccc(Cl)cc2)[C@H](C(=O)NCCCO)c2ccccc2)cc1. The van der Waals surface area contributed by atoms with Gasteiger partial charge in [0.15, 0.2) is 0 Å². The molecule has 0 unspecified atom stereocenters. The highest BCUT2D eigenvalue weighted by molar-refractivity contribution is 6.30. The molecular weight excluding hydrogens is 452 g/mol. The number of hydrogen-bond donors (Lipinski definition) is 2. The van der Waals surface area contributed by atoms with Crippen molar-refractivity contribution in [1.82, 2.24) is 10.2 Å². The molecule has 3 aromatic rings. The maximum Gasteiger partial charge on any atom is 0.247 e. The lowest BCUT2D eigenvalue weighted by atomic mass is 10.0. The van der Waals surface area contributed by atoms with Crippen molar-refractivity contribution in [3.8, 4) is 5.75 Å². The molecule has 0 radical (unpaired) electrons. The second-order valence-corrected chi connectivity index (χ2v) is 8.29. The summed E-state index contributed by atoms with van der Waals surface area (Å²) in [6.07, 6.45) is 0.561. The fourth-order valence-electron chi connectivity index (χ4n) is 3.63. The van der Waals surface area contributed by atoms with Gasteiger partial charge in [-0.25, -0.2) is 0 Å². The van der Waals surface area contributed by atoms with Crippen LogP contribution in [0, 0.1) is 0 Å². The molecule has 0 aromatic heterocycles. The molecule has 0 aliphatic carbocycles. The third-order valence-electron chi connectivity index (χ3n) is 5.41. The van der Waals surface area contributed by atoms with Crippen molar-refractivity contribution in [2.45, 2.75) is 25.4 Å². The minimum atomic E-state index is -0.832. The second kappa shape index (κ2) is 12.8. The van der Waals surface area contributed by atoms with Gasteiger partial charge in [-0.05, 0) is 47.4 Å². The zero-order valence-electron chi connectivity index (χ0n) is 19.1. The van der Waals surface area contributed by atoms with E-state index in [0.29, 0.717) is 29.3 Å². The van der Waals surface area contributed by atoms with E-state index in [2.05, 4.69) is 5.32 Å². The van der Waals surface area contributed by atoms with Gasteiger partial charge in [-0.15, -0.1) is 0 Å². The molecule has 3 aromatic carbocycles. The Morgan fingerprint density at radius 1 is 0.971 bits per heavy atom. The molecule has 0 fully saturated rings. The van der Waals surface area contributed by atoms with Crippen molar-refractivity contribution in [1.29, 1.82) is 0 Å². The topological polar surface area (TPSA) is 78.9 Å². The van der Waals surface area contributed by atoms with Crippen LogP contribution in [0.5, 0.6) is 5.75 Å². The smallest absolute Gasteiger partial charge is 0.247 e. The first-order chi connectivity index (χ1) is 16.5. The number of nitrogens with one attached hydrogen (secondary N) is 1. The number of rotatable bonds is 11. The molecule has 1 atom stereocenters. The number of halogens is 1. The van der Waals surface area contributed by atoms with Gasteiger partial charge in [-0.1, -0.05) is 66.2 Å². The number of carbonyl (C=O) groups is 2. The van der Waals surface area contributed by atoms with Crippen molar-refractivity contribution in [3.63, 3.8) is 0 Å². The number of carbonyl (C=O) groups excluding carboxylic acids is 2. The maximum absolute atomic E-state index is 13.6. The molecule has 0 bridgehead atoms. The third kappa shape index (κ3) is 7.07. The average molecular weight is 481 g/mol. The van der Waals surface area contributed by atoms with Crippen molar-refractivity contribution in [2.75, 3.05) is 20.3 Å². The van der Waals surface area contributed by atoms with Gasteiger partial charge >= 0.3 is 0 Å². The summed E-state index contributed by atoms with van der Waals surface area (Å²) in [7, 11) is 1.60. The Balaban J connectivity index is 1.96. The van der Waals surface area contributed by atoms with Gasteiger partial charge < -0.3 is 20.1 Å². The van der Waals surface area contributed by atoms with E-state index in [1.807, 2.05) is 66.7 Å². The standard InChI is InChI=1S/C27H29ClN2O4/c1-34-24-14-10-21(11-15-24)19-30(25(32)18-20-8-12-23(28)13-9-20)26(22-6-3-2-4-7-22)27(33)29-16-5-17-31/h2-4,6-15,26,31H,5,16-19H2,1H3,(H,29,33)/t26-/m0/s1. The van der Waals surface area contributed by atoms with Gasteiger partial charge in [0.05, 0.1) is 13.5 Å². The van der Waals surface area contributed by atoms with E-state index < -0.39 is 6.04 Å². The lowest BCUT2D eigenvalue weighted by molar-refractivity contribution is -0.141. The molecule has 0 heterocycles. The number of aliphatic hydroxyl groups excluding tert-OH is 1. The number of amides is 2. The van der Waals surface area contributed by atoms with Crippen LogP contribution in [0.3, 0.4) is 0 Å². The quantitative estimate of drug-likeness (QED) is 0.404. The monoisotopic (exact) mass is 480 g/mol. The van der Waals surface area contributed by atoms with Gasteiger partial charge in [0.25, 0.3) is 0 Å². The molecule has 2 N–H and O–H groups in total. The highest BCUT2D eigenvalue weighted by atomic mass is 35.5. The van der Waals surface area contributed by atoms with E-state index in [9.17, 15) is 9.59 Å². The Hall–Kier alpha value is -3.35. The van der Waals surface area contributed by atoms with E-state index in [1.165, 1.54) is 0 Å². The van der Waals surface area contributed by atoms with Gasteiger partial charge in [0.1, 0.15) is 11.8 Å². The van der Waals surface area contributed by atoms with Crippen molar-refractivity contribution >= 4 is 23.4 Å². The first-order valence-electron chi connectivity index (χ1n) is 11.1. The summed E-state index contributed by atoms with van der Waals surface area (Å²) >= 11 is 6.00. The summed E-state index contributed by atoms with van der Waals surface area (Å²) in [6.45, 7) is 0.533. The summed E-state index contributed by atoms with van der Waals surface area (Å²) < 4.78 is 5.24. The number of benzene rings is 3. The van der Waals surface area contributed by atoms with Crippen molar-refractivity contribution in [2.24, 2.45) is 0 Å². The van der Waals surface area contributed by atoms with Crippen LogP contribution in [0.15, 0.2) is 78.9 Å². The summed E-state index contributed by atoms with van der Waals surface area (Å²) in [5.41, 5.74) is 2.39. The highest BCUT2D eigenvalue weighted by Crippen LogP contribution is 2.26. The molecular formula is C27H29ClN2O4. The van der Waals surface area contributed by atoms with Crippen LogP contribution in [0.2, 0.25) is 5.02 Å². The van der Waals surface area contributed by atoms with Gasteiger partial charge in [0, 0.05) is 24.7 Å². The maximum atomic E-state index is 13.6. The Morgan fingerprint density at radius 2 is 1.62 bits per heavy atom. The zero-order valence-corrected chi connectivity index (χ0v) is 19.9. The molecule has 178 valence electrons. The molecule has 0 saturated heterocycles. The Kier molecular flexibility index (Phi) is 9.50. The highest BCUT2D eigenvalue weighted by Gasteiger charge is 2.31. The Labute approximate surface area is 205 Å². The van der Waals surface area contributed by atoms with E-state index in [-0.39, 0.29) is 31.4 Å². The third-order valence-corrected chi connectivity index (χ3v) is 5.66. The second-order valence-electron chi connectivity index (χ2n) is 7.85. The largest absolute Gasteiger partial charge is 0.497 e. The molecule has 0 aliphatic rings. The number of hydrogen-bond acceptors (Lipinski definition) is 4. The molecule has 0 saturated carbocycles.